The zero-order valence-corrected chi connectivity index (χ0v) is 13.3. The SMILES string of the molecule is CCCCCCCCCCCCc1[pH]ncc1C. The average molecular weight is 267 g/mol. The van der Waals surface area contributed by atoms with Crippen LogP contribution in [0, 0.1) is 6.92 Å². The normalized spacial score (nSPS) is 11.4. The molecule has 1 unspecified atom stereocenters. The summed E-state index contributed by atoms with van der Waals surface area (Å²) in [4.78, 5) is 0. The van der Waals surface area contributed by atoms with Gasteiger partial charge in [-0.3, -0.25) is 0 Å². The largest absolute Gasteiger partial charge is 0.248 e. The van der Waals surface area contributed by atoms with E-state index < -0.39 is 0 Å². The van der Waals surface area contributed by atoms with Gasteiger partial charge in [-0.2, -0.15) is 0 Å². The lowest BCUT2D eigenvalue weighted by atomic mass is 10.1. The summed E-state index contributed by atoms with van der Waals surface area (Å²) < 4.78 is 4.34. The Labute approximate surface area is 115 Å². The molecule has 0 spiro atoms. The zero-order chi connectivity index (χ0) is 13.1. The maximum absolute atomic E-state index is 4.34. The van der Waals surface area contributed by atoms with Crippen LogP contribution < -0.4 is 0 Å². The van der Waals surface area contributed by atoms with E-state index in [2.05, 4.69) is 18.6 Å². The molecule has 104 valence electrons. The lowest BCUT2D eigenvalue weighted by Gasteiger charge is -2.02. The Morgan fingerprint density at radius 3 is 1.94 bits per heavy atom. The first-order valence-electron chi connectivity index (χ1n) is 7.83. The third-order valence-corrected chi connectivity index (χ3v) is 4.89. The summed E-state index contributed by atoms with van der Waals surface area (Å²) in [5, 5.41) is 1.61. The highest BCUT2D eigenvalue weighted by atomic mass is 31.0. The lowest BCUT2D eigenvalue weighted by Crippen LogP contribution is -1.85. The number of rotatable bonds is 11. The fourth-order valence-electron chi connectivity index (χ4n) is 2.42. The van der Waals surface area contributed by atoms with Crippen molar-refractivity contribution in [2.24, 2.45) is 0 Å². The Morgan fingerprint density at radius 2 is 1.44 bits per heavy atom. The molecule has 0 radical (unpaired) electrons. The predicted molar refractivity (Wildman–Crippen MR) is 84.0 cm³/mol. The van der Waals surface area contributed by atoms with E-state index in [1.807, 2.05) is 6.20 Å². The van der Waals surface area contributed by atoms with Gasteiger partial charge >= 0.3 is 0 Å². The van der Waals surface area contributed by atoms with Crippen LogP contribution >= 0.6 is 8.35 Å². The van der Waals surface area contributed by atoms with Gasteiger partial charge in [-0.15, -0.1) is 0 Å². The van der Waals surface area contributed by atoms with Crippen LogP contribution in [0.25, 0.3) is 0 Å². The Bertz CT molecular complexity index is 293. The zero-order valence-electron chi connectivity index (χ0n) is 12.3. The van der Waals surface area contributed by atoms with Gasteiger partial charge in [0.2, 0.25) is 0 Å². The van der Waals surface area contributed by atoms with Gasteiger partial charge < -0.3 is 0 Å². The summed E-state index contributed by atoms with van der Waals surface area (Å²) in [6, 6.07) is 0. The quantitative estimate of drug-likeness (QED) is 0.456. The van der Waals surface area contributed by atoms with Gasteiger partial charge in [0.1, 0.15) is 0 Å². The molecule has 2 heteroatoms. The molecule has 1 nitrogen and oxygen atoms in total. The minimum Gasteiger partial charge on any atom is -0.248 e. The smallest absolute Gasteiger partial charge is 0.0342 e. The van der Waals surface area contributed by atoms with Gasteiger partial charge in [0.15, 0.2) is 0 Å². The fourth-order valence-corrected chi connectivity index (χ4v) is 3.36. The van der Waals surface area contributed by atoms with Crippen molar-refractivity contribution in [2.75, 3.05) is 0 Å². The monoisotopic (exact) mass is 267 g/mol. The number of aryl methyl sites for hydroxylation is 2. The predicted octanol–water partition coefficient (Wildman–Crippen LogP) is 5.88. The molecule has 1 atom stereocenters. The van der Waals surface area contributed by atoms with Crippen molar-refractivity contribution in [1.82, 2.24) is 4.75 Å². The molecule has 0 amide bonds. The Morgan fingerprint density at radius 1 is 0.889 bits per heavy atom. The second-order valence-electron chi connectivity index (χ2n) is 5.46. The van der Waals surface area contributed by atoms with Crippen molar-refractivity contribution in [2.45, 2.75) is 84.5 Å². The van der Waals surface area contributed by atoms with Crippen LogP contribution in [0.1, 0.15) is 82.0 Å². The molecule has 0 aromatic carbocycles. The van der Waals surface area contributed by atoms with E-state index >= 15 is 0 Å². The van der Waals surface area contributed by atoms with Crippen molar-refractivity contribution >= 4 is 8.35 Å². The molecular weight excluding hydrogens is 237 g/mol. The summed E-state index contributed by atoms with van der Waals surface area (Å²) in [6.07, 6.45) is 17.6. The standard InChI is InChI=1S/C16H30NP/c1-3-4-5-6-7-8-9-10-11-12-13-16-15(2)14-17-18-16/h14,18H,3-13H2,1-2H3. The maximum Gasteiger partial charge on any atom is 0.0342 e. The minimum absolute atomic E-state index is 0.741. The van der Waals surface area contributed by atoms with Crippen LogP contribution in [0.5, 0.6) is 0 Å². The van der Waals surface area contributed by atoms with Crippen LogP contribution in [0.3, 0.4) is 0 Å². The molecule has 0 aliphatic rings. The van der Waals surface area contributed by atoms with Crippen molar-refractivity contribution < 1.29 is 0 Å². The number of aromatic nitrogens is 1. The van der Waals surface area contributed by atoms with Gasteiger partial charge in [0, 0.05) is 6.20 Å². The van der Waals surface area contributed by atoms with E-state index in [4.69, 9.17) is 0 Å². The molecule has 0 N–H and O–H groups in total. The van der Waals surface area contributed by atoms with E-state index in [9.17, 15) is 0 Å². The van der Waals surface area contributed by atoms with E-state index in [1.165, 1.54) is 76.2 Å². The molecule has 0 aliphatic carbocycles. The summed E-state index contributed by atoms with van der Waals surface area (Å²) in [5.41, 5.74) is 1.43. The molecule has 1 aromatic rings. The summed E-state index contributed by atoms with van der Waals surface area (Å²) in [6.45, 7) is 4.49. The van der Waals surface area contributed by atoms with Crippen molar-refractivity contribution in [3.63, 3.8) is 0 Å². The third-order valence-electron chi connectivity index (χ3n) is 3.71. The summed E-state index contributed by atoms with van der Waals surface area (Å²) in [5.74, 6) is 0. The van der Waals surface area contributed by atoms with Gasteiger partial charge in [-0.1, -0.05) is 64.7 Å². The molecule has 18 heavy (non-hydrogen) atoms. The molecule has 0 saturated carbocycles. The van der Waals surface area contributed by atoms with Gasteiger partial charge in [-0.25, -0.2) is 4.75 Å². The van der Waals surface area contributed by atoms with Crippen LogP contribution in [0.4, 0.5) is 0 Å². The number of nitrogens with zero attached hydrogens (tertiary/aromatic N) is 1. The number of hydrogen-bond donors (Lipinski definition) is 0. The van der Waals surface area contributed by atoms with Crippen molar-refractivity contribution in [3.05, 3.63) is 17.1 Å². The fraction of sp³-hybridized carbons (Fsp3) is 0.812. The molecule has 1 heterocycles. The highest BCUT2D eigenvalue weighted by Crippen LogP contribution is 2.20. The number of unbranched alkanes of at least 4 members (excludes halogenated alkanes) is 9. The third kappa shape index (κ3) is 7.21. The second kappa shape index (κ2) is 10.6. The highest BCUT2D eigenvalue weighted by Gasteiger charge is 1.99. The van der Waals surface area contributed by atoms with Crippen LogP contribution in [0.2, 0.25) is 0 Å². The Hall–Kier alpha value is -0.290. The van der Waals surface area contributed by atoms with Crippen LogP contribution in [0.15, 0.2) is 6.20 Å². The maximum atomic E-state index is 4.34. The van der Waals surface area contributed by atoms with E-state index in [-0.39, 0.29) is 0 Å². The van der Waals surface area contributed by atoms with Crippen molar-refractivity contribution in [1.29, 1.82) is 0 Å². The Balaban J connectivity index is 1.83. The van der Waals surface area contributed by atoms with Gasteiger partial charge in [-0.05, 0) is 39.0 Å². The molecule has 0 fully saturated rings. The highest BCUT2D eigenvalue weighted by molar-refractivity contribution is 7.26. The lowest BCUT2D eigenvalue weighted by molar-refractivity contribution is 0.557. The van der Waals surface area contributed by atoms with Gasteiger partial charge in [0.05, 0.1) is 0 Å². The molecule has 0 saturated heterocycles. The molecular formula is C16H30NP. The molecule has 1 rings (SSSR count). The van der Waals surface area contributed by atoms with Crippen LogP contribution in [-0.4, -0.2) is 4.75 Å². The first-order chi connectivity index (χ1) is 8.84. The topological polar surface area (TPSA) is 12.9 Å². The van der Waals surface area contributed by atoms with E-state index in [1.54, 1.807) is 5.30 Å². The number of hydrogen-bond acceptors (Lipinski definition) is 1. The summed E-state index contributed by atoms with van der Waals surface area (Å²) >= 11 is 0. The van der Waals surface area contributed by atoms with Gasteiger partial charge in [0.25, 0.3) is 0 Å². The minimum atomic E-state index is 0.741. The van der Waals surface area contributed by atoms with E-state index in [0.717, 1.165) is 8.35 Å². The van der Waals surface area contributed by atoms with E-state index in [0.29, 0.717) is 0 Å². The second-order valence-corrected chi connectivity index (χ2v) is 6.55. The van der Waals surface area contributed by atoms with Crippen molar-refractivity contribution in [3.8, 4) is 0 Å². The summed E-state index contributed by atoms with van der Waals surface area (Å²) in [7, 11) is 0.741. The first kappa shape index (κ1) is 15.8. The molecule has 0 bridgehead atoms. The first-order valence-corrected chi connectivity index (χ1v) is 8.78. The average Bonchev–Trinajstić information content (AvgIpc) is 2.77. The molecule has 0 aliphatic heterocycles. The van der Waals surface area contributed by atoms with Crippen LogP contribution in [-0.2, 0) is 6.42 Å². The Kier molecular flexibility index (Phi) is 9.30. The molecule has 1 aromatic heterocycles.